The molecule has 1 saturated heterocycles. The SMILES string of the molecule is CCCNCC(=O)NC(C)C1CCOCC1. The molecule has 0 aromatic carbocycles. The fourth-order valence-corrected chi connectivity index (χ4v) is 2.02. The summed E-state index contributed by atoms with van der Waals surface area (Å²) in [6, 6.07) is 0.264. The van der Waals surface area contributed by atoms with E-state index in [9.17, 15) is 4.79 Å². The second-order valence-electron chi connectivity index (χ2n) is 4.48. The summed E-state index contributed by atoms with van der Waals surface area (Å²) in [5, 5.41) is 6.16. The third-order valence-electron chi connectivity index (χ3n) is 3.07. The highest BCUT2D eigenvalue weighted by atomic mass is 16.5. The molecule has 0 aromatic rings. The molecule has 16 heavy (non-hydrogen) atoms. The van der Waals surface area contributed by atoms with Gasteiger partial charge in [0.05, 0.1) is 6.54 Å². The minimum atomic E-state index is 0.104. The molecule has 1 fully saturated rings. The molecule has 0 aromatic heterocycles. The van der Waals surface area contributed by atoms with Crippen molar-refractivity contribution in [1.82, 2.24) is 10.6 Å². The predicted octanol–water partition coefficient (Wildman–Crippen LogP) is 0.917. The Morgan fingerprint density at radius 3 is 2.75 bits per heavy atom. The van der Waals surface area contributed by atoms with Crippen molar-refractivity contribution in [2.45, 2.75) is 39.2 Å². The van der Waals surface area contributed by atoms with E-state index in [1.807, 2.05) is 0 Å². The van der Waals surface area contributed by atoms with Crippen molar-refractivity contribution in [3.8, 4) is 0 Å². The van der Waals surface area contributed by atoms with Gasteiger partial charge in [0, 0.05) is 19.3 Å². The minimum Gasteiger partial charge on any atom is -0.381 e. The molecule has 94 valence electrons. The van der Waals surface area contributed by atoms with E-state index < -0.39 is 0 Å². The Kier molecular flexibility index (Phi) is 6.42. The third-order valence-corrected chi connectivity index (χ3v) is 3.07. The molecule has 0 radical (unpaired) electrons. The fraction of sp³-hybridized carbons (Fsp3) is 0.917. The first kappa shape index (κ1) is 13.5. The first-order valence-corrected chi connectivity index (χ1v) is 6.32. The Bertz CT molecular complexity index is 203. The van der Waals surface area contributed by atoms with E-state index in [-0.39, 0.29) is 11.9 Å². The zero-order valence-electron chi connectivity index (χ0n) is 10.4. The summed E-state index contributed by atoms with van der Waals surface area (Å²) in [7, 11) is 0. The molecule has 1 rings (SSSR count). The number of carbonyl (C=O) groups excluding carboxylic acids is 1. The second kappa shape index (κ2) is 7.63. The van der Waals surface area contributed by atoms with Gasteiger partial charge in [-0.1, -0.05) is 6.92 Å². The number of hydrogen-bond acceptors (Lipinski definition) is 3. The highest BCUT2D eigenvalue weighted by molar-refractivity contribution is 5.78. The Balaban J connectivity index is 2.16. The van der Waals surface area contributed by atoms with Crippen LogP contribution in [0.1, 0.15) is 33.1 Å². The summed E-state index contributed by atoms with van der Waals surface area (Å²) in [5.41, 5.74) is 0. The summed E-state index contributed by atoms with van der Waals surface area (Å²) >= 11 is 0. The van der Waals surface area contributed by atoms with Gasteiger partial charge in [0.25, 0.3) is 0 Å². The first-order valence-electron chi connectivity index (χ1n) is 6.32. The van der Waals surface area contributed by atoms with Crippen molar-refractivity contribution in [2.75, 3.05) is 26.3 Å². The van der Waals surface area contributed by atoms with Crippen LogP contribution in [0.3, 0.4) is 0 Å². The van der Waals surface area contributed by atoms with Crippen LogP contribution in [0.2, 0.25) is 0 Å². The maximum atomic E-state index is 11.6. The number of ether oxygens (including phenoxy) is 1. The molecule has 1 atom stereocenters. The van der Waals surface area contributed by atoms with Gasteiger partial charge in [-0.05, 0) is 38.6 Å². The van der Waals surface area contributed by atoms with Gasteiger partial charge >= 0.3 is 0 Å². The van der Waals surface area contributed by atoms with Gasteiger partial charge in [-0.25, -0.2) is 0 Å². The Morgan fingerprint density at radius 1 is 1.44 bits per heavy atom. The minimum absolute atomic E-state index is 0.104. The highest BCUT2D eigenvalue weighted by Gasteiger charge is 2.21. The molecule has 1 aliphatic heterocycles. The van der Waals surface area contributed by atoms with E-state index in [0.29, 0.717) is 12.5 Å². The van der Waals surface area contributed by atoms with Crippen LogP contribution in [0, 0.1) is 5.92 Å². The van der Waals surface area contributed by atoms with Crippen molar-refractivity contribution < 1.29 is 9.53 Å². The lowest BCUT2D eigenvalue weighted by molar-refractivity contribution is -0.121. The summed E-state index contributed by atoms with van der Waals surface area (Å²) in [4.78, 5) is 11.6. The van der Waals surface area contributed by atoms with E-state index in [2.05, 4.69) is 24.5 Å². The van der Waals surface area contributed by atoms with Crippen LogP contribution in [0.25, 0.3) is 0 Å². The van der Waals surface area contributed by atoms with Crippen molar-refractivity contribution in [3.05, 3.63) is 0 Å². The molecular formula is C12H24N2O2. The third kappa shape index (κ3) is 4.94. The lowest BCUT2D eigenvalue weighted by Gasteiger charge is -2.28. The normalized spacial score (nSPS) is 19.4. The zero-order chi connectivity index (χ0) is 11.8. The van der Waals surface area contributed by atoms with Crippen molar-refractivity contribution >= 4 is 5.91 Å². The Labute approximate surface area is 98.1 Å². The van der Waals surface area contributed by atoms with Gasteiger partial charge in [0.1, 0.15) is 0 Å². The monoisotopic (exact) mass is 228 g/mol. The van der Waals surface area contributed by atoms with Crippen LogP contribution >= 0.6 is 0 Å². The molecule has 1 aliphatic rings. The number of hydrogen-bond donors (Lipinski definition) is 2. The Morgan fingerprint density at radius 2 is 2.12 bits per heavy atom. The Hall–Kier alpha value is -0.610. The van der Waals surface area contributed by atoms with Crippen molar-refractivity contribution in [1.29, 1.82) is 0 Å². The molecule has 0 saturated carbocycles. The van der Waals surface area contributed by atoms with Gasteiger partial charge in [0.15, 0.2) is 0 Å². The molecule has 0 spiro atoms. The summed E-state index contributed by atoms with van der Waals surface area (Å²) in [6.45, 7) is 7.18. The van der Waals surface area contributed by atoms with Crippen LogP contribution in [-0.4, -0.2) is 38.3 Å². The first-order chi connectivity index (χ1) is 7.74. The van der Waals surface area contributed by atoms with Gasteiger partial charge in [-0.2, -0.15) is 0 Å². The van der Waals surface area contributed by atoms with Gasteiger partial charge in [0.2, 0.25) is 5.91 Å². The summed E-state index contributed by atoms with van der Waals surface area (Å²) in [6.07, 6.45) is 3.18. The summed E-state index contributed by atoms with van der Waals surface area (Å²) in [5.74, 6) is 0.677. The molecule has 2 N–H and O–H groups in total. The topological polar surface area (TPSA) is 50.4 Å². The largest absolute Gasteiger partial charge is 0.381 e. The standard InChI is InChI=1S/C12H24N2O2/c1-3-6-13-9-12(15)14-10(2)11-4-7-16-8-5-11/h10-11,13H,3-9H2,1-2H3,(H,14,15). The quantitative estimate of drug-likeness (QED) is 0.665. The van der Waals surface area contributed by atoms with Gasteiger partial charge in [-0.3, -0.25) is 4.79 Å². The maximum Gasteiger partial charge on any atom is 0.234 e. The van der Waals surface area contributed by atoms with E-state index in [0.717, 1.165) is 39.0 Å². The van der Waals surface area contributed by atoms with Gasteiger partial charge in [-0.15, -0.1) is 0 Å². The molecule has 0 aliphatic carbocycles. The van der Waals surface area contributed by atoms with E-state index in [1.165, 1.54) is 0 Å². The van der Waals surface area contributed by atoms with Crippen molar-refractivity contribution in [3.63, 3.8) is 0 Å². The molecule has 4 heteroatoms. The van der Waals surface area contributed by atoms with E-state index in [1.54, 1.807) is 0 Å². The summed E-state index contributed by atoms with van der Waals surface area (Å²) < 4.78 is 5.31. The number of amides is 1. The second-order valence-corrected chi connectivity index (χ2v) is 4.48. The molecule has 1 heterocycles. The number of nitrogens with one attached hydrogen (secondary N) is 2. The lowest BCUT2D eigenvalue weighted by Crippen LogP contribution is -2.44. The van der Waals surface area contributed by atoms with Crippen LogP contribution in [0.15, 0.2) is 0 Å². The molecule has 4 nitrogen and oxygen atoms in total. The van der Waals surface area contributed by atoms with Gasteiger partial charge < -0.3 is 15.4 Å². The number of rotatable bonds is 6. The van der Waals surface area contributed by atoms with Crippen LogP contribution in [-0.2, 0) is 9.53 Å². The molecule has 0 bridgehead atoms. The molecule has 1 unspecified atom stereocenters. The average Bonchev–Trinajstić information content (AvgIpc) is 2.30. The lowest BCUT2D eigenvalue weighted by atomic mass is 9.93. The van der Waals surface area contributed by atoms with E-state index >= 15 is 0 Å². The van der Waals surface area contributed by atoms with Crippen LogP contribution in [0.4, 0.5) is 0 Å². The van der Waals surface area contributed by atoms with Crippen molar-refractivity contribution in [2.24, 2.45) is 5.92 Å². The zero-order valence-corrected chi connectivity index (χ0v) is 10.4. The average molecular weight is 228 g/mol. The predicted molar refractivity (Wildman–Crippen MR) is 64.3 cm³/mol. The highest BCUT2D eigenvalue weighted by Crippen LogP contribution is 2.18. The maximum absolute atomic E-state index is 11.6. The van der Waals surface area contributed by atoms with Crippen LogP contribution in [0.5, 0.6) is 0 Å². The molecular weight excluding hydrogens is 204 g/mol. The van der Waals surface area contributed by atoms with Crippen LogP contribution < -0.4 is 10.6 Å². The smallest absolute Gasteiger partial charge is 0.234 e. The molecule has 1 amide bonds. The number of carbonyl (C=O) groups is 1. The fourth-order valence-electron chi connectivity index (χ4n) is 2.02. The van der Waals surface area contributed by atoms with E-state index in [4.69, 9.17) is 4.74 Å².